The summed E-state index contributed by atoms with van der Waals surface area (Å²) in [6.07, 6.45) is 1.41. The highest BCUT2D eigenvalue weighted by Gasteiger charge is 2.20. The van der Waals surface area contributed by atoms with Gasteiger partial charge in [0.25, 0.3) is 0 Å². The van der Waals surface area contributed by atoms with Gasteiger partial charge in [0, 0.05) is 20.6 Å². The molecule has 4 aromatic rings. The van der Waals surface area contributed by atoms with Crippen LogP contribution in [0.25, 0.3) is 22.6 Å². The Bertz CT molecular complexity index is 1200. The number of aromatic nitrogens is 4. The molecular formula is C19H12BrCl3N4O. The fourth-order valence-electron chi connectivity index (χ4n) is 2.98. The van der Waals surface area contributed by atoms with Gasteiger partial charge in [0.2, 0.25) is 0 Å². The van der Waals surface area contributed by atoms with E-state index in [0.29, 0.717) is 39.3 Å². The molecule has 9 heteroatoms. The van der Waals surface area contributed by atoms with E-state index >= 15 is 0 Å². The minimum Gasteiger partial charge on any atom is -0.496 e. The smallest absolute Gasteiger partial charge is 0.165 e. The Balaban J connectivity index is 1.98. The maximum atomic E-state index is 6.54. The van der Waals surface area contributed by atoms with Crippen molar-refractivity contribution in [2.75, 3.05) is 7.11 Å². The molecule has 2 aromatic carbocycles. The highest BCUT2D eigenvalue weighted by molar-refractivity contribution is 9.10. The van der Waals surface area contributed by atoms with Crippen molar-refractivity contribution in [3.63, 3.8) is 0 Å². The van der Waals surface area contributed by atoms with Gasteiger partial charge in [0.1, 0.15) is 23.4 Å². The van der Waals surface area contributed by atoms with E-state index in [-0.39, 0.29) is 5.15 Å². The molecule has 0 aliphatic rings. The van der Waals surface area contributed by atoms with E-state index in [4.69, 9.17) is 39.5 Å². The fourth-order valence-corrected chi connectivity index (χ4v) is 3.92. The minimum absolute atomic E-state index is 0.272. The molecule has 4 rings (SSSR count). The second-order valence-electron chi connectivity index (χ2n) is 5.92. The van der Waals surface area contributed by atoms with Gasteiger partial charge in [-0.3, -0.25) is 0 Å². The maximum Gasteiger partial charge on any atom is 0.165 e. The molecule has 0 radical (unpaired) electrons. The van der Waals surface area contributed by atoms with E-state index in [1.807, 2.05) is 34.9 Å². The number of ether oxygens (including phenoxy) is 1. The van der Waals surface area contributed by atoms with Crippen LogP contribution in [0.4, 0.5) is 0 Å². The van der Waals surface area contributed by atoms with Crippen LogP contribution in [0.3, 0.4) is 0 Å². The Labute approximate surface area is 184 Å². The molecule has 0 saturated carbocycles. The Hall–Kier alpha value is -1.86. The number of rotatable bonds is 4. The average molecular weight is 499 g/mol. The van der Waals surface area contributed by atoms with E-state index in [9.17, 15) is 0 Å². The number of imidazole rings is 1. The number of hydrogen-bond acceptors (Lipinski definition) is 4. The topological polar surface area (TPSA) is 52.8 Å². The predicted octanol–water partition coefficient (Wildman–Crippen LogP) is 6.27. The van der Waals surface area contributed by atoms with Crippen molar-refractivity contribution in [2.24, 2.45) is 0 Å². The summed E-state index contributed by atoms with van der Waals surface area (Å²) in [6.45, 7) is 0.408. The van der Waals surface area contributed by atoms with Crippen LogP contribution in [-0.4, -0.2) is 26.6 Å². The minimum atomic E-state index is 0.272. The van der Waals surface area contributed by atoms with Crippen LogP contribution < -0.4 is 4.74 Å². The first kappa shape index (κ1) is 19.5. The molecule has 0 unspecified atom stereocenters. The van der Waals surface area contributed by atoms with Crippen LogP contribution in [0, 0.1) is 0 Å². The average Bonchev–Trinajstić information content (AvgIpc) is 3.04. The van der Waals surface area contributed by atoms with Gasteiger partial charge in [0.15, 0.2) is 10.8 Å². The van der Waals surface area contributed by atoms with Crippen molar-refractivity contribution in [1.29, 1.82) is 0 Å². The third-order valence-electron chi connectivity index (χ3n) is 4.25. The Kier molecular flexibility index (Phi) is 5.47. The summed E-state index contributed by atoms with van der Waals surface area (Å²) in [7, 11) is 1.61. The highest BCUT2D eigenvalue weighted by atomic mass is 79.9. The molecule has 0 aliphatic carbocycles. The number of methoxy groups -OCH3 is 1. The fraction of sp³-hybridized carbons (Fsp3) is 0.105. The maximum absolute atomic E-state index is 6.54. The summed E-state index contributed by atoms with van der Waals surface area (Å²) < 4.78 is 8.18. The number of nitrogens with zero attached hydrogens (tertiary/aromatic N) is 4. The highest BCUT2D eigenvalue weighted by Crippen LogP contribution is 2.36. The SMILES string of the molecule is COc1ccc(Cl)cc1Cn1c(-c2cccc(Br)c2Cl)nc2c(Cl)ncnc21. The van der Waals surface area contributed by atoms with Crippen LogP contribution in [0.2, 0.25) is 15.2 Å². The van der Waals surface area contributed by atoms with Crippen LogP contribution >= 0.6 is 50.7 Å². The predicted molar refractivity (Wildman–Crippen MR) is 116 cm³/mol. The zero-order valence-electron chi connectivity index (χ0n) is 14.5. The van der Waals surface area contributed by atoms with E-state index in [1.165, 1.54) is 6.33 Å². The molecule has 0 N–H and O–H groups in total. The van der Waals surface area contributed by atoms with Gasteiger partial charge in [-0.25, -0.2) is 15.0 Å². The molecule has 0 atom stereocenters. The largest absolute Gasteiger partial charge is 0.496 e. The van der Waals surface area contributed by atoms with Crippen molar-refractivity contribution in [1.82, 2.24) is 19.5 Å². The molecule has 0 fully saturated rings. The number of hydrogen-bond donors (Lipinski definition) is 0. The lowest BCUT2D eigenvalue weighted by Gasteiger charge is -2.13. The van der Waals surface area contributed by atoms with Crippen LogP contribution in [-0.2, 0) is 6.54 Å². The summed E-state index contributed by atoms with van der Waals surface area (Å²) in [5, 5.41) is 1.42. The second-order valence-corrected chi connectivity index (χ2v) is 7.94. The van der Waals surface area contributed by atoms with Crippen molar-refractivity contribution in [3.05, 3.63) is 68.0 Å². The van der Waals surface area contributed by atoms with E-state index in [2.05, 4.69) is 30.9 Å². The summed E-state index contributed by atoms with van der Waals surface area (Å²) in [5.74, 6) is 1.32. The zero-order valence-corrected chi connectivity index (χ0v) is 18.3. The Morgan fingerprint density at radius 1 is 1.11 bits per heavy atom. The lowest BCUT2D eigenvalue weighted by molar-refractivity contribution is 0.408. The summed E-state index contributed by atoms with van der Waals surface area (Å²) in [5.41, 5.74) is 2.70. The van der Waals surface area contributed by atoms with Crippen molar-refractivity contribution >= 4 is 61.9 Å². The second kappa shape index (κ2) is 7.87. The first-order valence-electron chi connectivity index (χ1n) is 8.13. The van der Waals surface area contributed by atoms with Crippen LogP contribution in [0.15, 0.2) is 47.2 Å². The summed E-state index contributed by atoms with van der Waals surface area (Å²) in [6, 6.07) is 11.1. The lowest BCUT2D eigenvalue weighted by Crippen LogP contribution is -2.05. The Morgan fingerprint density at radius 3 is 2.71 bits per heavy atom. The van der Waals surface area contributed by atoms with Gasteiger partial charge in [-0.1, -0.05) is 40.9 Å². The van der Waals surface area contributed by atoms with Crippen LogP contribution in [0.5, 0.6) is 5.75 Å². The third kappa shape index (κ3) is 3.46. The quantitative estimate of drug-likeness (QED) is 0.311. The van der Waals surface area contributed by atoms with Gasteiger partial charge in [-0.2, -0.15) is 0 Å². The number of halogens is 4. The van der Waals surface area contributed by atoms with Crippen LogP contribution in [0.1, 0.15) is 5.56 Å². The molecule has 0 saturated heterocycles. The molecule has 2 heterocycles. The van der Waals surface area contributed by atoms with Gasteiger partial charge in [-0.15, -0.1) is 0 Å². The molecule has 142 valence electrons. The van der Waals surface area contributed by atoms with Gasteiger partial charge in [0.05, 0.1) is 18.7 Å². The first-order valence-corrected chi connectivity index (χ1v) is 10.1. The summed E-state index contributed by atoms with van der Waals surface area (Å²) in [4.78, 5) is 13.1. The first-order chi connectivity index (χ1) is 13.5. The molecular weight excluding hydrogens is 486 g/mol. The normalized spacial score (nSPS) is 11.2. The molecule has 0 bridgehead atoms. The third-order valence-corrected chi connectivity index (χ3v) is 6.06. The van der Waals surface area contributed by atoms with E-state index in [0.717, 1.165) is 15.6 Å². The van der Waals surface area contributed by atoms with Crippen molar-refractivity contribution in [3.8, 4) is 17.1 Å². The van der Waals surface area contributed by atoms with Gasteiger partial charge in [-0.05, 0) is 46.3 Å². The van der Waals surface area contributed by atoms with Gasteiger partial charge < -0.3 is 9.30 Å². The molecule has 0 spiro atoms. The van der Waals surface area contributed by atoms with Crippen molar-refractivity contribution in [2.45, 2.75) is 6.54 Å². The Morgan fingerprint density at radius 2 is 1.93 bits per heavy atom. The molecule has 28 heavy (non-hydrogen) atoms. The molecule has 2 aromatic heterocycles. The lowest BCUT2D eigenvalue weighted by atomic mass is 10.1. The molecule has 5 nitrogen and oxygen atoms in total. The summed E-state index contributed by atoms with van der Waals surface area (Å²) >= 11 is 22.5. The van der Waals surface area contributed by atoms with Crippen molar-refractivity contribution < 1.29 is 4.74 Å². The number of benzene rings is 2. The molecule has 0 amide bonds. The number of fused-ring (bicyclic) bond motifs is 1. The van der Waals surface area contributed by atoms with E-state index in [1.54, 1.807) is 13.2 Å². The molecule has 0 aliphatic heterocycles. The monoisotopic (exact) mass is 496 g/mol. The standard InChI is InChI=1S/C19H12BrCl3N4O/c1-28-14-6-5-11(21)7-10(14)8-27-18(12-3-2-4-13(20)15(12)22)26-16-17(23)24-9-25-19(16)27/h2-7,9H,8H2,1H3. The van der Waals surface area contributed by atoms with E-state index < -0.39 is 0 Å². The van der Waals surface area contributed by atoms with Gasteiger partial charge >= 0.3 is 0 Å². The zero-order chi connectivity index (χ0) is 19.8.